The van der Waals surface area contributed by atoms with Gasteiger partial charge in [-0.3, -0.25) is 0 Å². The van der Waals surface area contributed by atoms with Gasteiger partial charge in [0.2, 0.25) is 24.3 Å². The molecule has 3 aromatic carbocycles. The summed E-state index contributed by atoms with van der Waals surface area (Å²) in [7, 11) is 0. The van der Waals surface area contributed by atoms with E-state index in [9.17, 15) is 0 Å². The first-order chi connectivity index (χ1) is 15.9. The number of aryl methyl sites for hydroxylation is 1. The maximum atomic E-state index is 8.35. The smallest absolute Gasteiger partial charge is 0.222 e. The van der Waals surface area contributed by atoms with Gasteiger partial charge < -0.3 is 0 Å². The Hall–Kier alpha value is -4.82. The number of nitrogens with one attached hydrogen (secondary N) is 4. The predicted molar refractivity (Wildman–Crippen MR) is 123 cm³/mol. The molecule has 0 saturated carbocycles. The van der Waals surface area contributed by atoms with Crippen LogP contribution in [0.4, 0.5) is 0 Å². The van der Waals surface area contributed by atoms with Crippen molar-refractivity contribution in [3.05, 3.63) is 107 Å². The molecule has 0 unspecified atom stereocenters. The van der Waals surface area contributed by atoms with Gasteiger partial charge in [-0.05, 0) is 36.1 Å². The highest BCUT2D eigenvalue weighted by Crippen LogP contribution is 2.39. The summed E-state index contributed by atoms with van der Waals surface area (Å²) in [4.78, 5) is 33.4. The van der Waals surface area contributed by atoms with Gasteiger partial charge in [0.15, 0.2) is 0 Å². The molecule has 4 N–H and O–H groups in total. The van der Waals surface area contributed by atoms with E-state index < -0.39 is 0 Å². The molecule has 3 rings (SSSR count). The van der Waals surface area contributed by atoms with Crippen molar-refractivity contribution in [1.29, 1.82) is 21.6 Å². The van der Waals surface area contributed by atoms with Crippen LogP contribution in [0, 0.1) is 28.6 Å². The quantitative estimate of drug-likeness (QED) is 0.255. The minimum Gasteiger partial charge on any atom is -0.222 e. The molecule has 168 valence electrons. The van der Waals surface area contributed by atoms with Gasteiger partial charge in [0.25, 0.3) is 0 Å². The summed E-state index contributed by atoms with van der Waals surface area (Å²) in [6.45, 7) is 4.51. The molecule has 0 amide bonds. The molecule has 0 radical (unpaired) electrons. The van der Waals surface area contributed by atoms with E-state index in [4.69, 9.17) is 40.8 Å². The summed E-state index contributed by atoms with van der Waals surface area (Å²) in [6.07, 6.45) is 3.00. The van der Waals surface area contributed by atoms with E-state index in [1.54, 1.807) is 0 Å². The minimum atomic E-state index is -0.131. The molecule has 8 heteroatoms. The lowest BCUT2D eigenvalue weighted by atomic mass is 9.70. The van der Waals surface area contributed by atoms with Crippen LogP contribution in [0.15, 0.2) is 84.9 Å². The number of hydrogen-bond donors (Lipinski definition) is 4. The van der Waals surface area contributed by atoms with Crippen LogP contribution in [-0.4, -0.2) is 24.3 Å². The van der Waals surface area contributed by atoms with E-state index in [-0.39, 0.29) is 5.41 Å². The predicted octanol–water partition coefficient (Wildman–Crippen LogP) is 4.95. The van der Waals surface area contributed by atoms with E-state index in [2.05, 4.69) is 98.8 Å². The zero-order valence-electron chi connectivity index (χ0n) is 18.2. The van der Waals surface area contributed by atoms with Crippen molar-refractivity contribution in [2.45, 2.75) is 19.3 Å². The van der Waals surface area contributed by atoms with E-state index in [0.29, 0.717) is 0 Å². The second-order valence-corrected chi connectivity index (χ2v) is 6.08. The number of carbonyl (C=O) groups excluding carboxylic acids is 4. The molecule has 3 aromatic rings. The molecule has 33 heavy (non-hydrogen) atoms. The van der Waals surface area contributed by atoms with Gasteiger partial charge in [-0.1, -0.05) is 84.9 Å². The van der Waals surface area contributed by atoms with Gasteiger partial charge in [0, 0.05) is 5.41 Å². The maximum absolute atomic E-state index is 8.35. The normalized spacial score (nSPS) is 8.18. The second-order valence-electron chi connectivity index (χ2n) is 6.08. The summed E-state index contributed by atoms with van der Waals surface area (Å²) >= 11 is 0. The lowest BCUT2D eigenvalue weighted by Gasteiger charge is -2.33. The first-order valence-electron chi connectivity index (χ1n) is 9.22. The first kappa shape index (κ1) is 30.4. The monoisotopic (exact) mass is 444 g/mol. The van der Waals surface area contributed by atoms with Crippen molar-refractivity contribution in [3.8, 4) is 0 Å². The van der Waals surface area contributed by atoms with Gasteiger partial charge in [0.1, 0.15) is 0 Å². The summed E-state index contributed by atoms with van der Waals surface area (Å²) in [5.74, 6) is 0. The van der Waals surface area contributed by atoms with Crippen molar-refractivity contribution < 1.29 is 19.2 Å². The molecule has 0 aliphatic rings. The number of benzene rings is 3. The molecule has 0 aromatic heterocycles. The number of rotatable bonds is 3. The molecular formula is C25H24N4O4. The topological polar surface area (TPSA) is 164 Å². The summed E-state index contributed by atoms with van der Waals surface area (Å²) in [5, 5.41) is 21.6. The molecule has 0 aliphatic heterocycles. The summed E-state index contributed by atoms with van der Waals surface area (Å²) in [6, 6.07) is 30.2. The maximum Gasteiger partial charge on any atom is 0.231 e. The Bertz CT molecular complexity index is 988. The summed E-state index contributed by atoms with van der Waals surface area (Å²) < 4.78 is 0. The van der Waals surface area contributed by atoms with Gasteiger partial charge in [-0.25, -0.2) is 40.8 Å². The van der Waals surface area contributed by atoms with Gasteiger partial charge in [-0.2, -0.15) is 0 Å². The first-order valence-corrected chi connectivity index (χ1v) is 9.22. The van der Waals surface area contributed by atoms with Crippen molar-refractivity contribution in [3.63, 3.8) is 0 Å². The zero-order valence-corrected chi connectivity index (χ0v) is 18.2. The van der Waals surface area contributed by atoms with Gasteiger partial charge in [-0.15, -0.1) is 0 Å². The highest BCUT2D eigenvalue weighted by atomic mass is 16.1. The fourth-order valence-corrected chi connectivity index (χ4v) is 3.15. The molecule has 0 spiro atoms. The fraction of sp³-hybridized carbons (Fsp3) is 0.120. The third-order valence-corrected chi connectivity index (χ3v) is 4.39. The van der Waals surface area contributed by atoms with Crippen LogP contribution in [0.25, 0.3) is 0 Å². The second kappa shape index (κ2) is 19.2. The Balaban J connectivity index is 0. The van der Waals surface area contributed by atoms with Crippen LogP contribution in [0.5, 0.6) is 0 Å². The van der Waals surface area contributed by atoms with Gasteiger partial charge in [0.05, 0.1) is 0 Å². The molecule has 0 aliphatic carbocycles. The van der Waals surface area contributed by atoms with Crippen LogP contribution in [-0.2, 0) is 24.6 Å². The van der Waals surface area contributed by atoms with Crippen molar-refractivity contribution in [2.75, 3.05) is 0 Å². The lowest BCUT2D eigenvalue weighted by molar-refractivity contribution is 0.562. The Morgan fingerprint density at radius 1 is 0.545 bits per heavy atom. The van der Waals surface area contributed by atoms with E-state index in [1.807, 2.05) is 0 Å². The average molecular weight is 444 g/mol. The highest BCUT2D eigenvalue weighted by molar-refractivity contribution is 5.51. The molecule has 0 bridgehead atoms. The molecule has 8 nitrogen and oxygen atoms in total. The van der Waals surface area contributed by atoms with Crippen molar-refractivity contribution in [2.24, 2.45) is 0 Å². The Morgan fingerprint density at radius 3 is 1.12 bits per heavy atom. The van der Waals surface area contributed by atoms with E-state index in [0.717, 1.165) is 24.3 Å². The third kappa shape index (κ3) is 10.7. The SMILES string of the molecule is Cc1ccccc1C(C)(c1ccccc1)c1ccccc1.N=C=O.N=C=O.N=C=O.N=C=O. The van der Waals surface area contributed by atoms with E-state index in [1.165, 1.54) is 22.3 Å². The van der Waals surface area contributed by atoms with Crippen LogP contribution >= 0.6 is 0 Å². The van der Waals surface area contributed by atoms with E-state index >= 15 is 0 Å². The zero-order chi connectivity index (χ0) is 25.5. The average Bonchev–Trinajstić information content (AvgIpc) is 2.82. The molecule has 0 heterocycles. The van der Waals surface area contributed by atoms with Crippen LogP contribution in [0.2, 0.25) is 0 Å². The number of hydrogen-bond acceptors (Lipinski definition) is 8. The van der Waals surface area contributed by atoms with Gasteiger partial charge >= 0.3 is 0 Å². The molecule has 0 atom stereocenters. The minimum absolute atomic E-state index is 0.131. The summed E-state index contributed by atoms with van der Waals surface area (Å²) in [5.41, 5.74) is 5.21. The third-order valence-electron chi connectivity index (χ3n) is 4.39. The standard InChI is InChI=1S/C21H20.4CHNO/c1-17-11-9-10-16-20(17)21(2,18-12-5-3-6-13-18)19-14-7-4-8-15-19;4*2-1-3/h3-16H,1-2H3;4*2H. The Labute approximate surface area is 192 Å². The highest BCUT2D eigenvalue weighted by Gasteiger charge is 2.31. The van der Waals surface area contributed by atoms with Crippen LogP contribution < -0.4 is 0 Å². The van der Waals surface area contributed by atoms with Crippen LogP contribution in [0.3, 0.4) is 0 Å². The molecule has 0 fully saturated rings. The molecular weight excluding hydrogens is 420 g/mol. The molecule has 0 saturated heterocycles. The number of isocyanates is 4. The van der Waals surface area contributed by atoms with Crippen molar-refractivity contribution >= 4 is 24.3 Å². The lowest BCUT2D eigenvalue weighted by Crippen LogP contribution is -2.26. The van der Waals surface area contributed by atoms with Crippen molar-refractivity contribution in [1.82, 2.24) is 0 Å². The Morgan fingerprint density at radius 2 is 0.818 bits per heavy atom. The largest absolute Gasteiger partial charge is 0.231 e. The van der Waals surface area contributed by atoms with Crippen LogP contribution in [0.1, 0.15) is 29.2 Å². The fourth-order valence-electron chi connectivity index (χ4n) is 3.15. The Kier molecular flexibility index (Phi) is 17.6.